The second-order valence-corrected chi connectivity index (χ2v) is 9.67. The Morgan fingerprint density at radius 2 is 1.68 bits per heavy atom. The number of hydrogen-bond acceptors (Lipinski definition) is 5. The van der Waals surface area contributed by atoms with Crippen molar-refractivity contribution in [1.29, 1.82) is 0 Å². The van der Waals surface area contributed by atoms with Crippen LogP contribution in [0.1, 0.15) is 21.5 Å². The summed E-state index contributed by atoms with van der Waals surface area (Å²) in [7, 11) is 1.59. The monoisotopic (exact) mass is 558 g/mol. The van der Waals surface area contributed by atoms with Crippen LogP contribution in [-0.2, 0) is 12.3 Å². The Bertz CT molecular complexity index is 1620. The number of methoxy groups -OCH3 is 1. The van der Waals surface area contributed by atoms with Crippen LogP contribution in [0.3, 0.4) is 0 Å². The number of ether oxygens (including phenoxy) is 3. The average Bonchev–Trinajstić information content (AvgIpc) is 3.38. The molecule has 206 valence electrons. The molecule has 5 aromatic rings. The molecule has 0 aliphatic rings. The van der Waals surface area contributed by atoms with Crippen LogP contribution >= 0.6 is 11.6 Å². The molecular weight excluding hydrogens is 528 g/mol. The number of H-pyrrole nitrogens is 1. The fraction of sp³-hybridized carbons (Fsp3) is 0.219. The van der Waals surface area contributed by atoms with Crippen LogP contribution in [0, 0.1) is 0 Å². The largest absolute Gasteiger partial charge is 0.493 e. The number of hydrogen-bond donors (Lipinski definition) is 3. The molecule has 1 amide bonds. The number of aromatic nitrogens is 1. The van der Waals surface area contributed by atoms with Crippen molar-refractivity contribution in [2.24, 2.45) is 0 Å². The molecule has 0 aliphatic heterocycles. The van der Waals surface area contributed by atoms with Crippen LogP contribution in [0.2, 0.25) is 0 Å². The van der Waals surface area contributed by atoms with E-state index in [1.54, 1.807) is 13.2 Å². The van der Waals surface area contributed by atoms with Gasteiger partial charge in [0.1, 0.15) is 18.5 Å². The van der Waals surface area contributed by atoms with E-state index >= 15 is 0 Å². The first-order valence-corrected chi connectivity index (χ1v) is 13.6. The Kier molecular flexibility index (Phi) is 8.74. The van der Waals surface area contributed by atoms with Crippen LogP contribution in [0.15, 0.2) is 84.9 Å². The molecule has 1 heterocycles. The topological polar surface area (TPSA) is 92.8 Å². The minimum atomic E-state index is -0.899. The van der Waals surface area contributed by atoms with Gasteiger partial charge >= 0.3 is 0 Å². The number of aromatic amines is 1. The van der Waals surface area contributed by atoms with E-state index in [-0.39, 0.29) is 19.1 Å². The highest BCUT2D eigenvalue weighted by Gasteiger charge is 2.16. The number of aliphatic hydroxyl groups excluding tert-OH is 1. The van der Waals surface area contributed by atoms with Crippen molar-refractivity contribution in [3.63, 3.8) is 0 Å². The van der Waals surface area contributed by atoms with Gasteiger partial charge in [-0.3, -0.25) is 4.79 Å². The highest BCUT2D eigenvalue weighted by molar-refractivity contribution is 6.17. The first kappa shape index (κ1) is 27.4. The number of aliphatic hydroxyl groups is 1. The van der Waals surface area contributed by atoms with Crippen LogP contribution in [0.25, 0.3) is 21.8 Å². The lowest BCUT2D eigenvalue weighted by atomic mass is 10.0. The molecule has 4 aromatic carbocycles. The number of benzene rings is 4. The van der Waals surface area contributed by atoms with Gasteiger partial charge in [-0.05, 0) is 47.5 Å². The van der Waals surface area contributed by atoms with Crippen LogP contribution in [-0.4, -0.2) is 49.0 Å². The van der Waals surface area contributed by atoms with E-state index in [4.69, 9.17) is 25.8 Å². The Labute approximate surface area is 237 Å². The van der Waals surface area contributed by atoms with E-state index in [0.717, 1.165) is 32.9 Å². The van der Waals surface area contributed by atoms with Crippen LogP contribution < -0.4 is 19.5 Å². The quantitative estimate of drug-likeness (QED) is 0.167. The van der Waals surface area contributed by atoms with Gasteiger partial charge in [-0.1, -0.05) is 48.5 Å². The molecule has 5 rings (SSSR count). The number of halogens is 1. The van der Waals surface area contributed by atoms with E-state index in [2.05, 4.69) is 10.3 Å². The van der Waals surface area contributed by atoms with E-state index < -0.39 is 6.10 Å². The third-order valence-electron chi connectivity index (χ3n) is 6.69. The maximum Gasteiger partial charge on any atom is 0.251 e. The Morgan fingerprint density at radius 3 is 2.50 bits per heavy atom. The highest BCUT2D eigenvalue weighted by atomic mass is 35.5. The highest BCUT2D eigenvalue weighted by Crippen LogP contribution is 2.33. The molecule has 0 fully saturated rings. The van der Waals surface area contributed by atoms with Gasteiger partial charge < -0.3 is 29.6 Å². The first-order valence-electron chi connectivity index (χ1n) is 13.1. The number of rotatable bonds is 12. The van der Waals surface area contributed by atoms with Gasteiger partial charge in [-0.25, -0.2) is 0 Å². The van der Waals surface area contributed by atoms with Gasteiger partial charge in [0.05, 0.1) is 19.2 Å². The molecule has 1 atom stereocenters. The summed E-state index contributed by atoms with van der Waals surface area (Å²) in [5.74, 6) is 2.00. The molecule has 8 heteroatoms. The number of fused-ring (bicyclic) bond motifs is 3. The maximum absolute atomic E-state index is 13.1. The fourth-order valence-corrected chi connectivity index (χ4v) is 4.87. The second-order valence-electron chi connectivity index (χ2n) is 9.40. The zero-order chi connectivity index (χ0) is 27.9. The molecule has 1 aromatic heterocycles. The van der Waals surface area contributed by atoms with Crippen molar-refractivity contribution < 1.29 is 24.1 Å². The SMILES string of the molecule is COc1ccccc1OCCc1cc(CCl)ccc1C(=O)NCC(O)COc1cccc2[nH]c3ccccc3c12. The number of nitrogens with one attached hydrogen (secondary N) is 2. The summed E-state index contributed by atoms with van der Waals surface area (Å²) in [6.07, 6.45) is -0.407. The third-order valence-corrected chi connectivity index (χ3v) is 7.00. The van der Waals surface area contributed by atoms with E-state index in [0.29, 0.717) is 41.7 Å². The molecular formula is C32H31ClN2O5. The van der Waals surface area contributed by atoms with Crippen molar-refractivity contribution in [3.05, 3.63) is 102 Å². The number of carbonyl (C=O) groups is 1. The first-order chi connectivity index (χ1) is 19.6. The number of carbonyl (C=O) groups excluding carboxylic acids is 1. The standard InChI is InChI=1S/C32H31ClN2O5/c1-38-28-10-4-5-11-29(28)39-16-15-22-17-21(18-33)13-14-24(22)32(37)34-19-23(36)20-40-30-12-6-9-27-31(30)25-7-2-3-8-26(25)35-27/h2-14,17,23,35-36H,15-16,18-20H2,1H3,(H,34,37). The van der Waals surface area contributed by atoms with E-state index in [1.165, 1.54) is 0 Å². The molecule has 0 saturated heterocycles. The summed E-state index contributed by atoms with van der Waals surface area (Å²) in [5.41, 5.74) is 4.21. The Balaban J connectivity index is 1.20. The van der Waals surface area contributed by atoms with Crippen LogP contribution in [0.5, 0.6) is 17.2 Å². The normalized spacial score (nSPS) is 11.9. The van der Waals surface area contributed by atoms with Crippen molar-refractivity contribution in [1.82, 2.24) is 10.3 Å². The predicted octanol–water partition coefficient (Wildman–Crippen LogP) is 5.86. The van der Waals surface area contributed by atoms with Gasteiger partial charge in [0.15, 0.2) is 11.5 Å². The third kappa shape index (κ3) is 6.17. The van der Waals surface area contributed by atoms with E-state index in [1.807, 2.05) is 78.9 Å². The van der Waals surface area contributed by atoms with Gasteiger partial charge in [-0.2, -0.15) is 0 Å². The zero-order valence-electron chi connectivity index (χ0n) is 22.2. The van der Waals surface area contributed by atoms with Crippen molar-refractivity contribution in [3.8, 4) is 17.2 Å². The Morgan fingerprint density at radius 1 is 0.925 bits per heavy atom. The lowest BCUT2D eigenvalue weighted by Gasteiger charge is -2.16. The lowest BCUT2D eigenvalue weighted by Crippen LogP contribution is -2.35. The summed E-state index contributed by atoms with van der Waals surface area (Å²) in [6, 6.07) is 26.7. The summed E-state index contributed by atoms with van der Waals surface area (Å²) < 4.78 is 17.2. The minimum Gasteiger partial charge on any atom is -0.493 e. The van der Waals surface area contributed by atoms with Crippen molar-refractivity contribution in [2.45, 2.75) is 18.4 Å². The number of para-hydroxylation sites is 3. The molecule has 0 radical (unpaired) electrons. The lowest BCUT2D eigenvalue weighted by molar-refractivity contribution is 0.0845. The number of alkyl halides is 1. The van der Waals surface area contributed by atoms with Crippen molar-refractivity contribution in [2.75, 3.05) is 26.9 Å². The van der Waals surface area contributed by atoms with Gasteiger partial charge in [0.2, 0.25) is 0 Å². The summed E-state index contributed by atoms with van der Waals surface area (Å²) >= 11 is 6.05. The molecule has 0 saturated carbocycles. The summed E-state index contributed by atoms with van der Waals surface area (Å²) in [4.78, 5) is 16.5. The fourth-order valence-electron chi connectivity index (χ4n) is 4.71. The minimum absolute atomic E-state index is 0.0314. The smallest absolute Gasteiger partial charge is 0.251 e. The average molecular weight is 559 g/mol. The second kappa shape index (κ2) is 12.8. The Hall–Kier alpha value is -4.20. The number of amides is 1. The zero-order valence-corrected chi connectivity index (χ0v) is 22.9. The van der Waals surface area contributed by atoms with Crippen molar-refractivity contribution >= 4 is 39.3 Å². The molecule has 3 N–H and O–H groups in total. The molecule has 0 spiro atoms. The molecule has 7 nitrogen and oxygen atoms in total. The van der Waals surface area contributed by atoms with Crippen LogP contribution in [0.4, 0.5) is 0 Å². The predicted molar refractivity (Wildman–Crippen MR) is 158 cm³/mol. The molecule has 40 heavy (non-hydrogen) atoms. The van der Waals surface area contributed by atoms with Gasteiger partial charge in [0, 0.05) is 40.7 Å². The molecule has 0 bridgehead atoms. The van der Waals surface area contributed by atoms with E-state index in [9.17, 15) is 9.90 Å². The summed E-state index contributed by atoms with van der Waals surface area (Å²) in [5, 5.41) is 15.5. The summed E-state index contributed by atoms with van der Waals surface area (Å²) in [6.45, 7) is 0.420. The van der Waals surface area contributed by atoms with Gasteiger partial charge in [-0.15, -0.1) is 11.6 Å². The maximum atomic E-state index is 13.1. The van der Waals surface area contributed by atoms with Gasteiger partial charge in [0.25, 0.3) is 5.91 Å². The molecule has 1 unspecified atom stereocenters. The molecule has 0 aliphatic carbocycles.